The number of rotatable bonds is 5. The summed E-state index contributed by atoms with van der Waals surface area (Å²) in [7, 11) is 0. The summed E-state index contributed by atoms with van der Waals surface area (Å²) in [5.74, 6) is 0.434. The van der Waals surface area contributed by atoms with E-state index in [9.17, 15) is 4.79 Å². The van der Waals surface area contributed by atoms with Crippen LogP contribution in [0.15, 0.2) is 57.0 Å². The maximum Gasteiger partial charge on any atom is 0.226 e. The number of hydrogen-bond acceptors (Lipinski definition) is 4. The van der Waals surface area contributed by atoms with E-state index in [0.29, 0.717) is 12.4 Å². The Kier molecular flexibility index (Phi) is 4.21. The Morgan fingerprint density at radius 3 is 2.79 bits per heavy atom. The topological polar surface area (TPSA) is 88.2 Å². The quantitative estimate of drug-likeness (QED) is 0.468. The lowest BCUT2D eigenvalue weighted by Gasteiger charge is -2.05. The van der Waals surface area contributed by atoms with Crippen molar-refractivity contribution in [1.29, 1.82) is 0 Å². The zero-order chi connectivity index (χ0) is 13.5. The van der Waals surface area contributed by atoms with Gasteiger partial charge in [-0.1, -0.05) is 35.4 Å². The molecule has 0 amide bonds. The van der Waals surface area contributed by atoms with Gasteiger partial charge in [-0.25, -0.2) is 0 Å². The Hall–Kier alpha value is -2.72. The van der Waals surface area contributed by atoms with Gasteiger partial charge in [0, 0.05) is 11.0 Å². The van der Waals surface area contributed by atoms with E-state index in [1.807, 2.05) is 30.3 Å². The highest BCUT2D eigenvalue weighted by molar-refractivity contribution is 5.19. The van der Waals surface area contributed by atoms with Crippen LogP contribution in [0.4, 0.5) is 0 Å². The normalized spacial score (nSPS) is 9.68. The average Bonchev–Trinajstić information content (AvgIpc) is 2.45. The van der Waals surface area contributed by atoms with Crippen molar-refractivity contribution in [2.45, 2.75) is 13.2 Å². The monoisotopic (exact) mass is 257 g/mol. The Morgan fingerprint density at radius 1 is 1.32 bits per heavy atom. The minimum atomic E-state index is -0.301. The van der Waals surface area contributed by atoms with Crippen LogP contribution in [0, 0.1) is 0 Å². The molecule has 1 heterocycles. The molecule has 0 aliphatic rings. The minimum Gasteiger partial charge on any atom is -0.482 e. The Bertz CT molecular complexity index is 646. The van der Waals surface area contributed by atoms with E-state index in [1.54, 1.807) is 0 Å². The van der Waals surface area contributed by atoms with Crippen LogP contribution in [-0.2, 0) is 13.2 Å². The van der Waals surface area contributed by atoms with Gasteiger partial charge in [0.1, 0.15) is 18.6 Å². The van der Waals surface area contributed by atoms with Crippen LogP contribution in [0.2, 0.25) is 0 Å². The van der Waals surface area contributed by atoms with Crippen LogP contribution in [0.25, 0.3) is 10.4 Å². The molecule has 0 N–H and O–H groups in total. The van der Waals surface area contributed by atoms with Crippen LogP contribution in [-0.4, -0.2) is 0 Å². The number of benzene rings is 1. The molecule has 6 heteroatoms. The molecule has 0 radical (unpaired) electrons. The third-order valence-electron chi connectivity index (χ3n) is 2.38. The first kappa shape index (κ1) is 12.7. The van der Waals surface area contributed by atoms with Crippen molar-refractivity contribution in [2.75, 3.05) is 0 Å². The first-order valence-corrected chi connectivity index (χ1v) is 5.59. The van der Waals surface area contributed by atoms with Crippen molar-refractivity contribution in [3.63, 3.8) is 0 Å². The molecule has 0 saturated carbocycles. The van der Waals surface area contributed by atoms with Crippen molar-refractivity contribution in [3.8, 4) is 5.75 Å². The fraction of sp³-hybridized carbons (Fsp3) is 0.154. The highest BCUT2D eigenvalue weighted by atomic mass is 16.5. The van der Waals surface area contributed by atoms with Gasteiger partial charge in [0.25, 0.3) is 0 Å². The van der Waals surface area contributed by atoms with Crippen LogP contribution < -0.4 is 10.2 Å². The fourth-order valence-corrected chi connectivity index (χ4v) is 1.46. The van der Waals surface area contributed by atoms with Gasteiger partial charge in [-0.2, -0.15) is 0 Å². The predicted octanol–water partition coefficient (Wildman–Crippen LogP) is 3.03. The smallest absolute Gasteiger partial charge is 0.226 e. The van der Waals surface area contributed by atoms with E-state index in [1.165, 1.54) is 12.3 Å². The highest BCUT2D eigenvalue weighted by Crippen LogP contribution is 2.09. The van der Waals surface area contributed by atoms with Gasteiger partial charge in [-0.3, -0.25) is 4.79 Å². The van der Waals surface area contributed by atoms with E-state index in [4.69, 9.17) is 14.7 Å². The fourth-order valence-electron chi connectivity index (χ4n) is 1.46. The summed E-state index contributed by atoms with van der Waals surface area (Å²) in [6.45, 7) is 0.298. The summed E-state index contributed by atoms with van der Waals surface area (Å²) in [4.78, 5) is 14.3. The molecule has 1 aromatic heterocycles. The van der Waals surface area contributed by atoms with Crippen molar-refractivity contribution in [3.05, 3.63) is 74.7 Å². The predicted molar refractivity (Wildman–Crippen MR) is 68.6 cm³/mol. The molecule has 2 rings (SSSR count). The molecule has 0 aliphatic carbocycles. The third kappa shape index (κ3) is 3.62. The van der Waals surface area contributed by atoms with Gasteiger partial charge in [-0.15, -0.1) is 0 Å². The molecule has 0 bridgehead atoms. The molecule has 96 valence electrons. The summed E-state index contributed by atoms with van der Waals surface area (Å²) < 4.78 is 10.5. The SMILES string of the molecule is [N-]=[N+]=NCc1cc(=O)c(OCc2ccccc2)co1. The molecule has 0 saturated heterocycles. The molecular weight excluding hydrogens is 246 g/mol. The van der Waals surface area contributed by atoms with E-state index in [-0.39, 0.29) is 17.7 Å². The van der Waals surface area contributed by atoms with Gasteiger partial charge < -0.3 is 9.15 Å². The lowest BCUT2D eigenvalue weighted by atomic mass is 10.2. The number of ether oxygens (including phenoxy) is 1. The van der Waals surface area contributed by atoms with Gasteiger partial charge in [0.15, 0.2) is 0 Å². The van der Waals surface area contributed by atoms with Crippen molar-refractivity contribution in [1.82, 2.24) is 0 Å². The first-order valence-electron chi connectivity index (χ1n) is 5.59. The standard InChI is InChI=1S/C13H11N3O3/c14-16-15-7-11-6-12(17)13(9-18-11)19-8-10-4-2-1-3-5-10/h1-6,9H,7-8H2. The van der Waals surface area contributed by atoms with E-state index < -0.39 is 0 Å². The largest absolute Gasteiger partial charge is 0.482 e. The Labute approximate surface area is 108 Å². The number of azide groups is 1. The molecule has 0 aliphatic heterocycles. The van der Waals surface area contributed by atoms with E-state index >= 15 is 0 Å². The number of nitrogens with zero attached hydrogens (tertiary/aromatic N) is 3. The van der Waals surface area contributed by atoms with Crippen LogP contribution in [0.3, 0.4) is 0 Å². The molecule has 0 unspecified atom stereocenters. The summed E-state index contributed by atoms with van der Waals surface area (Å²) in [5.41, 5.74) is 8.83. The van der Waals surface area contributed by atoms with E-state index in [0.717, 1.165) is 5.56 Å². The Morgan fingerprint density at radius 2 is 2.11 bits per heavy atom. The molecule has 0 atom stereocenters. The molecule has 2 aromatic rings. The lowest BCUT2D eigenvalue weighted by Crippen LogP contribution is -2.07. The second kappa shape index (κ2) is 6.28. The van der Waals surface area contributed by atoms with Crippen LogP contribution >= 0.6 is 0 Å². The van der Waals surface area contributed by atoms with E-state index in [2.05, 4.69) is 10.0 Å². The zero-order valence-corrected chi connectivity index (χ0v) is 10.0. The molecule has 0 spiro atoms. The summed E-state index contributed by atoms with van der Waals surface area (Å²) >= 11 is 0. The van der Waals surface area contributed by atoms with Crippen molar-refractivity contribution < 1.29 is 9.15 Å². The Balaban J connectivity index is 2.05. The number of hydrogen-bond donors (Lipinski definition) is 0. The summed E-state index contributed by atoms with van der Waals surface area (Å²) in [6, 6.07) is 10.8. The van der Waals surface area contributed by atoms with Gasteiger partial charge in [0.2, 0.25) is 11.2 Å². The summed E-state index contributed by atoms with van der Waals surface area (Å²) in [5, 5.41) is 3.31. The highest BCUT2D eigenvalue weighted by Gasteiger charge is 2.04. The zero-order valence-electron chi connectivity index (χ0n) is 10.0. The van der Waals surface area contributed by atoms with Crippen molar-refractivity contribution in [2.24, 2.45) is 5.11 Å². The lowest BCUT2D eigenvalue weighted by molar-refractivity contribution is 0.289. The molecule has 6 nitrogen and oxygen atoms in total. The maximum absolute atomic E-state index is 11.7. The average molecular weight is 257 g/mol. The molecule has 1 aromatic carbocycles. The maximum atomic E-state index is 11.7. The first-order chi connectivity index (χ1) is 9.29. The van der Waals surface area contributed by atoms with Gasteiger partial charge >= 0.3 is 0 Å². The second-order valence-corrected chi connectivity index (χ2v) is 3.74. The second-order valence-electron chi connectivity index (χ2n) is 3.74. The van der Waals surface area contributed by atoms with Crippen molar-refractivity contribution >= 4 is 0 Å². The van der Waals surface area contributed by atoms with Crippen LogP contribution in [0.5, 0.6) is 5.75 Å². The van der Waals surface area contributed by atoms with Gasteiger partial charge in [-0.05, 0) is 11.1 Å². The molecular formula is C13H11N3O3. The van der Waals surface area contributed by atoms with Crippen LogP contribution in [0.1, 0.15) is 11.3 Å². The molecule has 0 fully saturated rings. The van der Waals surface area contributed by atoms with Gasteiger partial charge in [0.05, 0.1) is 6.54 Å². The minimum absolute atomic E-state index is 0.00467. The summed E-state index contributed by atoms with van der Waals surface area (Å²) in [6.07, 6.45) is 1.23. The molecule has 19 heavy (non-hydrogen) atoms. The third-order valence-corrected chi connectivity index (χ3v) is 2.38.